The molecule has 0 amide bonds. The summed E-state index contributed by atoms with van der Waals surface area (Å²) >= 11 is 0. The minimum Gasteiger partial charge on any atom is -0.315 e. The predicted molar refractivity (Wildman–Crippen MR) is 82.6 cm³/mol. The molecule has 0 bridgehead atoms. The molecule has 0 radical (unpaired) electrons. The van der Waals surface area contributed by atoms with Crippen LogP contribution in [0.15, 0.2) is 0 Å². The molecule has 1 atom stereocenters. The number of likely N-dealkylation sites (N-methyl/N-ethyl adjacent to an activating group) is 2. The molecule has 1 N–H and O–H groups in total. The van der Waals surface area contributed by atoms with Crippen LogP contribution in [0.25, 0.3) is 0 Å². The van der Waals surface area contributed by atoms with Crippen LogP contribution in [0.2, 0.25) is 0 Å². The van der Waals surface area contributed by atoms with E-state index in [-0.39, 0.29) is 0 Å². The van der Waals surface area contributed by atoms with Gasteiger partial charge in [0.15, 0.2) is 0 Å². The van der Waals surface area contributed by atoms with E-state index < -0.39 is 0 Å². The molecule has 3 nitrogen and oxygen atoms in total. The van der Waals surface area contributed by atoms with Crippen LogP contribution in [0.3, 0.4) is 0 Å². The minimum atomic E-state index is 0.698. The molecule has 0 spiro atoms. The zero-order valence-corrected chi connectivity index (χ0v) is 13.0. The van der Waals surface area contributed by atoms with Crippen molar-refractivity contribution in [3.05, 3.63) is 0 Å². The van der Waals surface area contributed by atoms with E-state index in [1.807, 2.05) is 0 Å². The SMILES string of the molecule is CNC(CN(C)CCN1CCCC1)C1CCCCC1. The van der Waals surface area contributed by atoms with Gasteiger partial charge in [0.05, 0.1) is 0 Å². The molecule has 2 fully saturated rings. The molecule has 1 saturated heterocycles. The van der Waals surface area contributed by atoms with E-state index in [1.165, 1.54) is 77.7 Å². The molecule has 0 aromatic carbocycles. The van der Waals surface area contributed by atoms with Crippen molar-refractivity contribution in [2.24, 2.45) is 5.92 Å². The first-order valence-electron chi connectivity index (χ1n) is 8.38. The Kier molecular flexibility index (Phi) is 6.62. The Labute approximate surface area is 119 Å². The van der Waals surface area contributed by atoms with Crippen LogP contribution >= 0.6 is 0 Å². The summed E-state index contributed by atoms with van der Waals surface area (Å²) in [4.78, 5) is 5.15. The van der Waals surface area contributed by atoms with Gasteiger partial charge in [0, 0.05) is 25.7 Å². The topological polar surface area (TPSA) is 18.5 Å². The van der Waals surface area contributed by atoms with E-state index in [0.29, 0.717) is 6.04 Å². The lowest BCUT2D eigenvalue weighted by Crippen LogP contribution is -2.45. The lowest BCUT2D eigenvalue weighted by molar-refractivity contribution is 0.195. The van der Waals surface area contributed by atoms with Crippen molar-refractivity contribution >= 4 is 0 Å². The highest BCUT2D eigenvalue weighted by Crippen LogP contribution is 2.26. The quantitative estimate of drug-likeness (QED) is 0.763. The van der Waals surface area contributed by atoms with Gasteiger partial charge in [-0.2, -0.15) is 0 Å². The van der Waals surface area contributed by atoms with Gasteiger partial charge in [-0.15, -0.1) is 0 Å². The molecular formula is C16H33N3. The van der Waals surface area contributed by atoms with E-state index in [4.69, 9.17) is 0 Å². The van der Waals surface area contributed by atoms with Gasteiger partial charge in [0.2, 0.25) is 0 Å². The number of nitrogens with zero attached hydrogens (tertiary/aromatic N) is 2. The Morgan fingerprint density at radius 3 is 2.42 bits per heavy atom. The zero-order valence-electron chi connectivity index (χ0n) is 13.0. The molecule has 19 heavy (non-hydrogen) atoms. The zero-order chi connectivity index (χ0) is 13.5. The third kappa shape index (κ3) is 5.05. The largest absolute Gasteiger partial charge is 0.315 e. The highest BCUT2D eigenvalue weighted by molar-refractivity contribution is 4.81. The van der Waals surface area contributed by atoms with Crippen LogP contribution in [0.1, 0.15) is 44.9 Å². The smallest absolute Gasteiger partial charge is 0.0220 e. The summed E-state index contributed by atoms with van der Waals surface area (Å²) in [6.45, 7) is 6.36. The van der Waals surface area contributed by atoms with Gasteiger partial charge >= 0.3 is 0 Å². The Hall–Kier alpha value is -0.120. The number of likely N-dealkylation sites (tertiary alicyclic amines) is 1. The summed E-state index contributed by atoms with van der Waals surface area (Å²) in [5.74, 6) is 0.910. The van der Waals surface area contributed by atoms with Crippen molar-refractivity contribution < 1.29 is 0 Å². The van der Waals surface area contributed by atoms with Crippen molar-refractivity contribution in [2.75, 3.05) is 46.8 Å². The summed E-state index contributed by atoms with van der Waals surface area (Å²) in [7, 11) is 4.44. The molecule has 1 aliphatic carbocycles. The average Bonchev–Trinajstić information content (AvgIpc) is 2.97. The maximum absolute atomic E-state index is 3.58. The number of hydrogen-bond donors (Lipinski definition) is 1. The second-order valence-electron chi connectivity index (χ2n) is 6.60. The van der Waals surface area contributed by atoms with Crippen LogP contribution in [-0.2, 0) is 0 Å². The van der Waals surface area contributed by atoms with Crippen molar-refractivity contribution in [1.82, 2.24) is 15.1 Å². The molecule has 1 aliphatic heterocycles. The van der Waals surface area contributed by atoms with E-state index in [0.717, 1.165) is 5.92 Å². The highest BCUT2D eigenvalue weighted by Gasteiger charge is 2.23. The summed E-state index contributed by atoms with van der Waals surface area (Å²) in [5, 5.41) is 3.58. The van der Waals surface area contributed by atoms with Crippen molar-refractivity contribution in [3.8, 4) is 0 Å². The summed E-state index contributed by atoms with van der Waals surface area (Å²) < 4.78 is 0. The second-order valence-corrected chi connectivity index (χ2v) is 6.60. The molecule has 1 saturated carbocycles. The molecule has 2 aliphatic rings. The number of nitrogens with one attached hydrogen (secondary N) is 1. The maximum atomic E-state index is 3.58. The van der Waals surface area contributed by atoms with Gasteiger partial charge in [0.25, 0.3) is 0 Å². The Balaban J connectivity index is 1.67. The van der Waals surface area contributed by atoms with Gasteiger partial charge in [-0.25, -0.2) is 0 Å². The predicted octanol–water partition coefficient (Wildman–Crippen LogP) is 2.18. The van der Waals surface area contributed by atoms with Gasteiger partial charge in [-0.1, -0.05) is 19.3 Å². The molecule has 0 aromatic heterocycles. The van der Waals surface area contributed by atoms with Crippen LogP contribution in [0.4, 0.5) is 0 Å². The first-order valence-corrected chi connectivity index (χ1v) is 8.38. The lowest BCUT2D eigenvalue weighted by atomic mass is 9.84. The number of rotatable bonds is 7. The Bertz CT molecular complexity index is 232. The van der Waals surface area contributed by atoms with Crippen molar-refractivity contribution in [1.29, 1.82) is 0 Å². The van der Waals surface area contributed by atoms with Gasteiger partial charge < -0.3 is 15.1 Å². The van der Waals surface area contributed by atoms with E-state index in [1.54, 1.807) is 0 Å². The molecule has 1 heterocycles. The van der Waals surface area contributed by atoms with Gasteiger partial charge in [-0.05, 0) is 58.8 Å². The second kappa shape index (κ2) is 8.23. The van der Waals surface area contributed by atoms with Gasteiger partial charge in [-0.3, -0.25) is 0 Å². The normalized spacial score (nSPS) is 24.2. The first kappa shape index (κ1) is 15.3. The lowest BCUT2D eigenvalue weighted by Gasteiger charge is -2.33. The monoisotopic (exact) mass is 267 g/mol. The molecule has 112 valence electrons. The molecular weight excluding hydrogens is 234 g/mol. The standard InChI is InChI=1S/C16H33N3/c1-17-16(15-8-4-3-5-9-15)14-18(2)12-13-19-10-6-7-11-19/h15-17H,3-14H2,1-2H3. The molecule has 3 heteroatoms. The fourth-order valence-electron chi connectivity index (χ4n) is 3.76. The minimum absolute atomic E-state index is 0.698. The van der Waals surface area contributed by atoms with Crippen LogP contribution in [0.5, 0.6) is 0 Å². The van der Waals surface area contributed by atoms with Crippen LogP contribution in [-0.4, -0.2) is 62.7 Å². The van der Waals surface area contributed by atoms with Crippen LogP contribution in [0, 0.1) is 5.92 Å². The maximum Gasteiger partial charge on any atom is 0.0220 e. The summed E-state index contributed by atoms with van der Waals surface area (Å²) in [6.07, 6.45) is 10.0. The highest BCUT2D eigenvalue weighted by atomic mass is 15.2. The fraction of sp³-hybridized carbons (Fsp3) is 1.00. The molecule has 1 unspecified atom stereocenters. The summed E-state index contributed by atoms with van der Waals surface area (Å²) in [5.41, 5.74) is 0. The fourth-order valence-corrected chi connectivity index (χ4v) is 3.76. The van der Waals surface area contributed by atoms with E-state index in [9.17, 15) is 0 Å². The Morgan fingerprint density at radius 2 is 1.79 bits per heavy atom. The van der Waals surface area contributed by atoms with Crippen molar-refractivity contribution in [2.45, 2.75) is 51.0 Å². The number of hydrogen-bond acceptors (Lipinski definition) is 3. The van der Waals surface area contributed by atoms with Crippen molar-refractivity contribution in [3.63, 3.8) is 0 Å². The molecule has 0 aromatic rings. The third-order valence-corrected chi connectivity index (χ3v) is 5.09. The van der Waals surface area contributed by atoms with E-state index >= 15 is 0 Å². The summed E-state index contributed by atoms with van der Waals surface area (Å²) in [6, 6.07) is 0.698. The van der Waals surface area contributed by atoms with Crippen LogP contribution < -0.4 is 5.32 Å². The van der Waals surface area contributed by atoms with E-state index in [2.05, 4.69) is 29.2 Å². The molecule has 2 rings (SSSR count). The average molecular weight is 267 g/mol. The Morgan fingerprint density at radius 1 is 1.11 bits per heavy atom. The third-order valence-electron chi connectivity index (χ3n) is 5.09. The first-order chi connectivity index (χ1) is 9.29. The van der Waals surface area contributed by atoms with Gasteiger partial charge in [0.1, 0.15) is 0 Å².